The van der Waals surface area contributed by atoms with Gasteiger partial charge in [-0.3, -0.25) is 0 Å². The molecule has 1 fully saturated rings. The van der Waals surface area contributed by atoms with Gasteiger partial charge in [-0.05, 0) is 24.6 Å². The van der Waals surface area contributed by atoms with Crippen molar-refractivity contribution in [2.24, 2.45) is 0 Å². The van der Waals surface area contributed by atoms with Crippen LogP contribution in [0, 0.1) is 6.92 Å². The second-order valence-electron chi connectivity index (χ2n) is 5.39. The van der Waals surface area contributed by atoms with Gasteiger partial charge in [-0.2, -0.15) is 4.31 Å². The molecule has 0 amide bonds. The van der Waals surface area contributed by atoms with Gasteiger partial charge in [0.15, 0.2) is 9.84 Å². The van der Waals surface area contributed by atoms with Crippen molar-refractivity contribution >= 4 is 19.9 Å². The fourth-order valence-corrected chi connectivity index (χ4v) is 6.04. The van der Waals surface area contributed by atoms with E-state index in [1.165, 1.54) is 26.3 Å². The summed E-state index contributed by atoms with van der Waals surface area (Å²) in [5, 5.41) is 9.87. The lowest BCUT2D eigenvalue weighted by atomic mass is 10.2. The van der Waals surface area contributed by atoms with E-state index in [1.54, 1.807) is 13.0 Å². The standard InChI is InChI=1S/C13H19NO6S2/c1-9-4-5-12(20-3)13(6-9)22(18,19)14(2)10-7-21(16,17)8-11(10)15/h4-6,10-11,15H,7-8H2,1-3H3/t10-,11+/m1/s1. The van der Waals surface area contributed by atoms with Crippen molar-refractivity contribution in [1.29, 1.82) is 0 Å². The number of benzene rings is 1. The molecule has 1 N–H and O–H groups in total. The lowest BCUT2D eigenvalue weighted by Crippen LogP contribution is -2.44. The first-order valence-corrected chi connectivity index (χ1v) is 9.86. The number of methoxy groups -OCH3 is 1. The molecule has 9 heteroatoms. The smallest absolute Gasteiger partial charge is 0.246 e. The Kier molecular flexibility index (Phi) is 4.54. The molecule has 0 aromatic heterocycles. The number of aliphatic hydroxyl groups excluding tert-OH is 1. The van der Waals surface area contributed by atoms with Crippen LogP contribution in [-0.4, -0.2) is 64.1 Å². The van der Waals surface area contributed by atoms with Gasteiger partial charge >= 0.3 is 0 Å². The molecule has 0 radical (unpaired) electrons. The van der Waals surface area contributed by atoms with Crippen molar-refractivity contribution in [1.82, 2.24) is 4.31 Å². The van der Waals surface area contributed by atoms with E-state index in [0.717, 1.165) is 9.87 Å². The fourth-order valence-electron chi connectivity index (χ4n) is 2.48. The average Bonchev–Trinajstić information content (AvgIpc) is 2.70. The van der Waals surface area contributed by atoms with Crippen molar-refractivity contribution in [2.45, 2.75) is 24.0 Å². The van der Waals surface area contributed by atoms with Gasteiger partial charge in [-0.1, -0.05) is 6.07 Å². The number of rotatable bonds is 4. The summed E-state index contributed by atoms with van der Waals surface area (Å²) in [7, 11) is -4.80. The van der Waals surface area contributed by atoms with Crippen molar-refractivity contribution < 1.29 is 26.7 Å². The SMILES string of the molecule is COc1ccc(C)cc1S(=O)(=O)N(C)[C@@H]1CS(=O)(=O)C[C@@H]1O. The second kappa shape index (κ2) is 5.80. The molecule has 124 valence electrons. The Morgan fingerprint density at radius 2 is 1.95 bits per heavy atom. The van der Waals surface area contributed by atoms with E-state index in [2.05, 4.69) is 0 Å². The maximum Gasteiger partial charge on any atom is 0.246 e. The third-order valence-electron chi connectivity index (χ3n) is 3.74. The Hall–Kier alpha value is -1.16. The van der Waals surface area contributed by atoms with E-state index in [0.29, 0.717) is 0 Å². The minimum absolute atomic E-state index is 0.0472. The molecule has 0 spiro atoms. The van der Waals surface area contributed by atoms with Gasteiger partial charge in [0, 0.05) is 7.05 Å². The molecule has 0 unspecified atom stereocenters. The topological polar surface area (TPSA) is 101 Å². The van der Waals surface area contributed by atoms with Crippen LogP contribution in [0.15, 0.2) is 23.1 Å². The van der Waals surface area contributed by atoms with Crippen LogP contribution in [-0.2, 0) is 19.9 Å². The van der Waals surface area contributed by atoms with Crippen LogP contribution >= 0.6 is 0 Å². The number of nitrogens with zero attached hydrogens (tertiary/aromatic N) is 1. The Morgan fingerprint density at radius 1 is 1.32 bits per heavy atom. The zero-order valence-corrected chi connectivity index (χ0v) is 14.2. The molecular formula is C13H19NO6S2. The molecule has 1 aromatic rings. The van der Waals surface area contributed by atoms with Gasteiger partial charge in [0.1, 0.15) is 10.6 Å². The molecule has 1 saturated heterocycles. The normalized spacial score (nSPS) is 24.6. The van der Waals surface area contributed by atoms with Gasteiger partial charge in [-0.15, -0.1) is 0 Å². The molecular weight excluding hydrogens is 330 g/mol. The summed E-state index contributed by atoms with van der Waals surface area (Å²) < 4.78 is 54.7. The first-order chi connectivity index (χ1) is 10.1. The Balaban J connectivity index is 2.45. The summed E-state index contributed by atoms with van der Waals surface area (Å²) in [5.41, 5.74) is 0.729. The maximum atomic E-state index is 12.7. The highest BCUT2D eigenvalue weighted by Gasteiger charge is 2.43. The van der Waals surface area contributed by atoms with Crippen LogP contribution in [0.3, 0.4) is 0 Å². The van der Waals surface area contributed by atoms with Crippen LogP contribution in [0.2, 0.25) is 0 Å². The summed E-state index contributed by atoms with van der Waals surface area (Å²) in [6.07, 6.45) is -1.24. The highest BCUT2D eigenvalue weighted by molar-refractivity contribution is 7.92. The van der Waals surface area contributed by atoms with Gasteiger partial charge in [0.25, 0.3) is 0 Å². The van der Waals surface area contributed by atoms with E-state index < -0.39 is 43.5 Å². The number of hydrogen-bond donors (Lipinski definition) is 1. The summed E-state index contributed by atoms with van der Waals surface area (Å²) in [6, 6.07) is 3.71. The second-order valence-corrected chi connectivity index (χ2v) is 9.51. The fraction of sp³-hybridized carbons (Fsp3) is 0.538. The molecule has 1 aromatic carbocycles. The molecule has 0 saturated carbocycles. The Bertz CT molecular complexity index is 772. The molecule has 2 atom stereocenters. The number of ether oxygens (including phenoxy) is 1. The Morgan fingerprint density at radius 3 is 2.45 bits per heavy atom. The highest BCUT2D eigenvalue weighted by atomic mass is 32.2. The minimum atomic E-state index is -3.99. The van der Waals surface area contributed by atoms with E-state index in [-0.39, 0.29) is 10.6 Å². The van der Waals surface area contributed by atoms with Gasteiger partial charge < -0.3 is 9.84 Å². The number of sulfonamides is 1. The third kappa shape index (κ3) is 3.12. The molecule has 22 heavy (non-hydrogen) atoms. The minimum Gasteiger partial charge on any atom is -0.495 e. The predicted molar refractivity (Wildman–Crippen MR) is 81.1 cm³/mol. The van der Waals surface area contributed by atoms with Crippen LogP contribution < -0.4 is 4.74 Å². The summed E-state index contributed by atoms with van der Waals surface area (Å²) in [4.78, 5) is -0.0472. The van der Waals surface area contributed by atoms with Gasteiger partial charge in [-0.25, -0.2) is 16.8 Å². The van der Waals surface area contributed by atoms with Crippen LogP contribution in [0.5, 0.6) is 5.75 Å². The summed E-state index contributed by atoms with van der Waals surface area (Å²) in [5.74, 6) is -0.645. The van der Waals surface area contributed by atoms with Crippen molar-refractivity contribution in [3.05, 3.63) is 23.8 Å². The average molecular weight is 349 g/mol. The van der Waals surface area contributed by atoms with Gasteiger partial charge in [0.05, 0.1) is 30.8 Å². The van der Waals surface area contributed by atoms with Crippen LogP contribution in [0.4, 0.5) is 0 Å². The quantitative estimate of drug-likeness (QED) is 0.807. The lowest BCUT2D eigenvalue weighted by molar-refractivity contribution is 0.137. The molecule has 1 aliphatic rings. The van der Waals surface area contributed by atoms with E-state index in [1.807, 2.05) is 0 Å². The molecule has 2 rings (SSSR count). The number of sulfone groups is 1. The number of aryl methyl sites for hydroxylation is 1. The van der Waals surface area contributed by atoms with E-state index in [4.69, 9.17) is 4.74 Å². The molecule has 0 aliphatic carbocycles. The molecule has 1 heterocycles. The zero-order valence-electron chi connectivity index (χ0n) is 12.6. The predicted octanol–water partition coefficient (Wildman–Crippen LogP) is -0.218. The van der Waals surface area contributed by atoms with Crippen molar-refractivity contribution in [2.75, 3.05) is 25.7 Å². The lowest BCUT2D eigenvalue weighted by Gasteiger charge is -2.26. The van der Waals surface area contributed by atoms with E-state index >= 15 is 0 Å². The van der Waals surface area contributed by atoms with Crippen molar-refractivity contribution in [3.63, 3.8) is 0 Å². The summed E-state index contributed by atoms with van der Waals surface area (Å²) in [6.45, 7) is 1.74. The molecule has 1 aliphatic heterocycles. The molecule has 0 bridgehead atoms. The largest absolute Gasteiger partial charge is 0.495 e. The van der Waals surface area contributed by atoms with E-state index in [9.17, 15) is 21.9 Å². The Labute approximate surface area is 130 Å². The summed E-state index contributed by atoms with van der Waals surface area (Å²) >= 11 is 0. The number of hydrogen-bond acceptors (Lipinski definition) is 6. The maximum absolute atomic E-state index is 12.7. The van der Waals surface area contributed by atoms with Crippen LogP contribution in [0.1, 0.15) is 5.56 Å². The highest BCUT2D eigenvalue weighted by Crippen LogP contribution is 2.30. The van der Waals surface area contributed by atoms with Crippen LogP contribution in [0.25, 0.3) is 0 Å². The molecule has 7 nitrogen and oxygen atoms in total. The monoisotopic (exact) mass is 349 g/mol. The first kappa shape index (κ1) is 17.2. The number of likely N-dealkylation sites (N-methyl/N-ethyl adjacent to an activating group) is 1. The zero-order chi connectivity index (χ0) is 16.7. The first-order valence-electron chi connectivity index (χ1n) is 6.59. The van der Waals surface area contributed by atoms with Gasteiger partial charge in [0.2, 0.25) is 10.0 Å². The third-order valence-corrected chi connectivity index (χ3v) is 7.34. The van der Waals surface area contributed by atoms with Crippen molar-refractivity contribution in [3.8, 4) is 5.75 Å². The number of aliphatic hydroxyl groups is 1.